The van der Waals surface area contributed by atoms with E-state index in [2.05, 4.69) is 15.0 Å². The fourth-order valence-electron chi connectivity index (χ4n) is 3.42. The number of H-pyrrole nitrogens is 1. The van der Waals surface area contributed by atoms with Crippen molar-refractivity contribution >= 4 is 28.7 Å². The first-order chi connectivity index (χ1) is 14.0. The van der Waals surface area contributed by atoms with Gasteiger partial charge in [-0.2, -0.15) is 0 Å². The molecule has 29 heavy (non-hydrogen) atoms. The van der Waals surface area contributed by atoms with Crippen LogP contribution >= 0.6 is 0 Å². The zero-order valence-corrected chi connectivity index (χ0v) is 15.5. The lowest BCUT2D eigenvalue weighted by Crippen LogP contribution is -2.51. The number of fused-ring (bicyclic) bond motifs is 1. The molecular weight excluding hydrogens is 374 g/mol. The van der Waals surface area contributed by atoms with Gasteiger partial charge in [0.25, 0.3) is 5.91 Å². The predicted octanol–water partition coefficient (Wildman–Crippen LogP) is 1.18. The van der Waals surface area contributed by atoms with Crippen molar-refractivity contribution in [2.24, 2.45) is 0 Å². The van der Waals surface area contributed by atoms with Crippen molar-refractivity contribution in [3.05, 3.63) is 59.8 Å². The number of para-hydroxylation sites is 1. The molecule has 0 saturated carbocycles. The quantitative estimate of drug-likeness (QED) is 0.687. The Morgan fingerprint density at radius 3 is 2.31 bits per heavy atom. The summed E-state index contributed by atoms with van der Waals surface area (Å²) in [6, 6.07) is 7.85. The Labute approximate surface area is 166 Å². The van der Waals surface area contributed by atoms with E-state index in [4.69, 9.17) is 5.11 Å². The third-order valence-electron chi connectivity index (χ3n) is 5.03. The molecule has 0 radical (unpaired) electrons. The average Bonchev–Trinajstić information content (AvgIpc) is 3.16. The molecule has 1 aliphatic heterocycles. The maximum absolute atomic E-state index is 12.7. The van der Waals surface area contributed by atoms with E-state index in [0.29, 0.717) is 32.6 Å². The number of carboxylic acid groups (broad SMARTS) is 1. The first kappa shape index (κ1) is 18.6. The number of carbonyl (C=O) groups is 3. The summed E-state index contributed by atoms with van der Waals surface area (Å²) in [5, 5.41) is 9.90. The van der Waals surface area contributed by atoms with Crippen LogP contribution in [0.5, 0.6) is 0 Å². The Kier molecular flexibility index (Phi) is 4.94. The largest absolute Gasteiger partial charge is 0.476 e. The average molecular weight is 393 g/mol. The van der Waals surface area contributed by atoms with Crippen LogP contribution < -0.4 is 0 Å². The first-order valence-corrected chi connectivity index (χ1v) is 9.20. The summed E-state index contributed by atoms with van der Waals surface area (Å²) >= 11 is 0. The summed E-state index contributed by atoms with van der Waals surface area (Å²) in [5.74, 6) is -1.50. The Hall–Kier alpha value is -3.75. The van der Waals surface area contributed by atoms with Crippen molar-refractivity contribution in [2.75, 3.05) is 26.2 Å². The van der Waals surface area contributed by atoms with Crippen molar-refractivity contribution in [2.45, 2.75) is 6.42 Å². The van der Waals surface area contributed by atoms with E-state index in [9.17, 15) is 14.4 Å². The molecule has 1 aromatic carbocycles. The molecule has 9 heteroatoms. The third kappa shape index (κ3) is 3.79. The van der Waals surface area contributed by atoms with Gasteiger partial charge < -0.3 is 19.9 Å². The Morgan fingerprint density at radius 2 is 1.62 bits per heavy atom. The highest BCUT2D eigenvalue weighted by Gasteiger charge is 2.26. The fourth-order valence-corrected chi connectivity index (χ4v) is 3.42. The molecule has 4 rings (SSSR count). The van der Waals surface area contributed by atoms with Crippen molar-refractivity contribution < 1.29 is 19.5 Å². The number of nitrogens with one attached hydrogen (secondary N) is 1. The topological polar surface area (TPSA) is 119 Å². The molecule has 148 valence electrons. The minimum absolute atomic E-state index is 0.0208. The number of carboxylic acids is 1. The van der Waals surface area contributed by atoms with Gasteiger partial charge in [0.1, 0.15) is 5.69 Å². The van der Waals surface area contributed by atoms with Crippen molar-refractivity contribution in [1.82, 2.24) is 24.8 Å². The lowest BCUT2D eigenvalue weighted by molar-refractivity contribution is -0.131. The molecule has 0 bridgehead atoms. The molecule has 9 nitrogen and oxygen atoms in total. The number of carbonyl (C=O) groups excluding carboxylic acids is 2. The summed E-state index contributed by atoms with van der Waals surface area (Å²) in [7, 11) is 0. The zero-order valence-electron chi connectivity index (χ0n) is 15.5. The van der Waals surface area contributed by atoms with Gasteiger partial charge in [0.15, 0.2) is 5.69 Å². The number of aromatic carboxylic acids is 1. The summed E-state index contributed by atoms with van der Waals surface area (Å²) in [6.45, 7) is 1.66. The van der Waals surface area contributed by atoms with Crippen LogP contribution in [-0.4, -0.2) is 73.8 Å². The van der Waals surface area contributed by atoms with E-state index in [0.717, 1.165) is 22.7 Å². The maximum atomic E-state index is 12.7. The molecule has 0 unspecified atom stereocenters. The van der Waals surface area contributed by atoms with Gasteiger partial charge in [0.05, 0.1) is 18.8 Å². The minimum Gasteiger partial charge on any atom is -0.476 e. The highest BCUT2D eigenvalue weighted by atomic mass is 16.4. The van der Waals surface area contributed by atoms with Crippen molar-refractivity contribution in [1.29, 1.82) is 0 Å². The molecule has 2 aromatic heterocycles. The molecule has 3 aromatic rings. The summed E-state index contributed by atoms with van der Waals surface area (Å²) in [4.78, 5) is 50.2. The fraction of sp³-hybridized carbons (Fsp3) is 0.250. The van der Waals surface area contributed by atoms with Gasteiger partial charge in [-0.05, 0) is 11.6 Å². The Morgan fingerprint density at radius 1 is 0.966 bits per heavy atom. The highest BCUT2D eigenvalue weighted by molar-refractivity contribution is 5.93. The summed E-state index contributed by atoms with van der Waals surface area (Å²) < 4.78 is 0. The molecule has 1 saturated heterocycles. The first-order valence-electron chi connectivity index (χ1n) is 9.20. The maximum Gasteiger partial charge on any atom is 0.356 e. The van der Waals surface area contributed by atoms with Crippen LogP contribution in [0, 0.1) is 0 Å². The third-order valence-corrected chi connectivity index (χ3v) is 5.03. The van der Waals surface area contributed by atoms with Gasteiger partial charge in [-0.25, -0.2) is 14.8 Å². The number of aromatic amines is 1. The number of aromatic nitrogens is 3. The molecule has 1 aliphatic rings. The van der Waals surface area contributed by atoms with Crippen LogP contribution in [0.2, 0.25) is 0 Å². The van der Waals surface area contributed by atoms with Crippen LogP contribution in [0.3, 0.4) is 0 Å². The number of piperazine rings is 1. The second-order valence-corrected chi connectivity index (χ2v) is 6.80. The number of rotatable bonds is 4. The minimum atomic E-state index is -1.20. The van der Waals surface area contributed by atoms with E-state index in [1.54, 1.807) is 9.80 Å². The number of hydrogen-bond donors (Lipinski definition) is 2. The lowest BCUT2D eigenvalue weighted by Gasteiger charge is -2.34. The van der Waals surface area contributed by atoms with Crippen molar-refractivity contribution in [3.63, 3.8) is 0 Å². The normalized spacial score (nSPS) is 14.2. The number of amides is 2. The van der Waals surface area contributed by atoms with Crippen LogP contribution in [-0.2, 0) is 11.2 Å². The molecule has 0 spiro atoms. The van der Waals surface area contributed by atoms with Gasteiger partial charge in [0, 0.05) is 43.3 Å². The Balaban J connectivity index is 1.35. The summed E-state index contributed by atoms with van der Waals surface area (Å²) in [6.07, 6.45) is 4.40. The zero-order chi connectivity index (χ0) is 20.4. The molecule has 1 fully saturated rings. The monoisotopic (exact) mass is 393 g/mol. The van der Waals surface area contributed by atoms with E-state index in [1.165, 1.54) is 6.20 Å². The molecule has 0 atom stereocenters. The van der Waals surface area contributed by atoms with Crippen LogP contribution in [0.25, 0.3) is 10.9 Å². The number of nitrogens with zero attached hydrogens (tertiary/aromatic N) is 4. The lowest BCUT2D eigenvalue weighted by atomic mass is 10.1. The second-order valence-electron chi connectivity index (χ2n) is 6.80. The van der Waals surface area contributed by atoms with Gasteiger partial charge in [-0.15, -0.1) is 0 Å². The van der Waals surface area contributed by atoms with Gasteiger partial charge >= 0.3 is 5.97 Å². The smallest absolute Gasteiger partial charge is 0.356 e. The Bertz CT molecular complexity index is 1070. The van der Waals surface area contributed by atoms with Gasteiger partial charge in [0.2, 0.25) is 5.91 Å². The predicted molar refractivity (Wildman–Crippen MR) is 103 cm³/mol. The summed E-state index contributed by atoms with van der Waals surface area (Å²) in [5.41, 5.74) is 1.83. The number of benzene rings is 1. The molecule has 2 amide bonds. The molecular formula is C20H19N5O4. The van der Waals surface area contributed by atoms with Crippen molar-refractivity contribution in [3.8, 4) is 0 Å². The van der Waals surface area contributed by atoms with Gasteiger partial charge in [-0.3, -0.25) is 9.59 Å². The van der Waals surface area contributed by atoms with Gasteiger partial charge in [-0.1, -0.05) is 18.2 Å². The highest BCUT2D eigenvalue weighted by Crippen LogP contribution is 2.19. The van der Waals surface area contributed by atoms with E-state index in [1.807, 2.05) is 30.5 Å². The molecule has 3 heterocycles. The van der Waals surface area contributed by atoms with E-state index < -0.39 is 5.97 Å². The standard InChI is InChI=1S/C20H19N5O4/c26-18(9-13-10-21-15-4-2-1-3-14(13)15)24-5-7-25(8-6-24)19(27)16-11-23-17(12-22-16)20(28)29/h1-4,10-12,21H,5-9H2,(H,28,29). The molecule has 0 aliphatic carbocycles. The molecule has 2 N–H and O–H groups in total. The number of hydrogen-bond acceptors (Lipinski definition) is 5. The van der Waals surface area contributed by atoms with Crippen LogP contribution in [0.1, 0.15) is 26.5 Å². The second kappa shape index (κ2) is 7.70. The van der Waals surface area contributed by atoms with E-state index in [-0.39, 0.29) is 23.2 Å². The van der Waals surface area contributed by atoms with Crippen LogP contribution in [0.4, 0.5) is 0 Å². The SMILES string of the molecule is O=C(O)c1cnc(C(=O)N2CCN(C(=O)Cc3c[nH]c4ccccc34)CC2)cn1. The van der Waals surface area contributed by atoms with E-state index >= 15 is 0 Å². The van der Waals surface area contributed by atoms with Crippen LogP contribution in [0.15, 0.2) is 42.9 Å².